The number of hydrogen-bond donors (Lipinski definition) is 1. The van der Waals surface area contributed by atoms with Crippen molar-refractivity contribution in [3.8, 4) is 0 Å². The third kappa shape index (κ3) is 3.61. The van der Waals surface area contributed by atoms with Crippen molar-refractivity contribution in [2.75, 3.05) is 26.3 Å². The van der Waals surface area contributed by atoms with Crippen LogP contribution in [0.25, 0.3) is 0 Å². The van der Waals surface area contributed by atoms with E-state index in [0.29, 0.717) is 50.3 Å². The molecule has 2 atom stereocenters. The van der Waals surface area contributed by atoms with Gasteiger partial charge in [0.2, 0.25) is 0 Å². The minimum Gasteiger partial charge on any atom is -0.443 e. The lowest BCUT2D eigenvalue weighted by molar-refractivity contribution is -0.148. The highest BCUT2D eigenvalue weighted by Gasteiger charge is 2.60. The van der Waals surface area contributed by atoms with Crippen LogP contribution in [0.4, 0.5) is 4.79 Å². The Hall–Kier alpha value is -2.15. The summed E-state index contributed by atoms with van der Waals surface area (Å²) in [7, 11) is 0. The number of rotatable bonds is 3. The summed E-state index contributed by atoms with van der Waals surface area (Å²) in [6, 6.07) is 5.52. The largest absolute Gasteiger partial charge is 0.443 e. The zero-order valence-electron chi connectivity index (χ0n) is 17.0. The van der Waals surface area contributed by atoms with Gasteiger partial charge < -0.3 is 19.7 Å². The second-order valence-electron chi connectivity index (χ2n) is 9.51. The number of morpholine rings is 1. The van der Waals surface area contributed by atoms with Crippen molar-refractivity contribution in [1.29, 1.82) is 0 Å². The lowest BCUT2D eigenvalue weighted by Gasteiger charge is -2.61. The Morgan fingerprint density at radius 2 is 1.90 bits per heavy atom. The molecule has 2 amide bonds. The number of amides is 2. The number of nitrogens with zero attached hydrogens (tertiary/aromatic N) is 2. The molecule has 0 aromatic carbocycles. The molecule has 5 aliphatic rings. The summed E-state index contributed by atoms with van der Waals surface area (Å²) in [4.78, 5) is 31.9. The third-order valence-corrected chi connectivity index (χ3v) is 7.08. The fourth-order valence-corrected chi connectivity index (χ4v) is 6.41. The zero-order chi connectivity index (χ0) is 20.1. The van der Waals surface area contributed by atoms with Gasteiger partial charge in [-0.25, -0.2) is 9.78 Å². The molecule has 6 rings (SSSR count). The maximum Gasteiger partial charge on any atom is 0.410 e. The van der Waals surface area contributed by atoms with Gasteiger partial charge in [0.15, 0.2) is 0 Å². The SMILES string of the molecule is Cc1cccc(C(=O)NC23CC4CC(C2)CC(OC(=O)N2CCOCC2)(C4)C3)n1. The molecule has 4 bridgehead atoms. The van der Waals surface area contributed by atoms with E-state index in [1.165, 1.54) is 6.42 Å². The fraction of sp³-hybridized carbons (Fsp3) is 0.682. The van der Waals surface area contributed by atoms with Gasteiger partial charge >= 0.3 is 6.09 Å². The van der Waals surface area contributed by atoms with Crippen molar-refractivity contribution < 1.29 is 19.1 Å². The van der Waals surface area contributed by atoms with Crippen molar-refractivity contribution >= 4 is 12.0 Å². The van der Waals surface area contributed by atoms with E-state index in [1.807, 2.05) is 19.1 Å². The molecule has 1 aromatic rings. The summed E-state index contributed by atoms with van der Waals surface area (Å²) in [6.45, 7) is 4.20. The second-order valence-corrected chi connectivity index (χ2v) is 9.51. The molecule has 5 fully saturated rings. The normalized spacial score (nSPS) is 35.4. The number of carbonyl (C=O) groups excluding carboxylic acids is 2. The lowest BCUT2D eigenvalue weighted by Crippen LogP contribution is -2.66. The smallest absolute Gasteiger partial charge is 0.410 e. The van der Waals surface area contributed by atoms with E-state index in [9.17, 15) is 9.59 Å². The van der Waals surface area contributed by atoms with Crippen LogP contribution < -0.4 is 5.32 Å². The monoisotopic (exact) mass is 399 g/mol. The van der Waals surface area contributed by atoms with Crippen LogP contribution in [0.5, 0.6) is 0 Å². The van der Waals surface area contributed by atoms with E-state index in [-0.39, 0.29) is 17.5 Å². The first-order chi connectivity index (χ1) is 13.9. The van der Waals surface area contributed by atoms with Gasteiger partial charge in [0.05, 0.1) is 13.2 Å². The lowest BCUT2D eigenvalue weighted by atomic mass is 9.51. The van der Waals surface area contributed by atoms with Crippen LogP contribution >= 0.6 is 0 Å². The van der Waals surface area contributed by atoms with Crippen LogP contribution in [-0.2, 0) is 9.47 Å². The molecule has 29 heavy (non-hydrogen) atoms. The number of aryl methyl sites for hydroxylation is 1. The molecule has 156 valence electrons. The van der Waals surface area contributed by atoms with Crippen molar-refractivity contribution in [3.63, 3.8) is 0 Å². The van der Waals surface area contributed by atoms with Gasteiger partial charge in [0.25, 0.3) is 5.91 Å². The number of nitrogens with one attached hydrogen (secondary N) is 1. The van der Waals surface area contributed by atoms with Crippen LogP contribution in [0, 0.1) is 18.8 Å². The van der Waals surface area contributed by atoms with Gasteiger partial charge in [-0.15, -0.1) is 0 Å². The van der Waals surface area contributed by atoms with Crippen molar-refractivity contribution in [1.82, 2.24) is 15.2 Å². The van der Waals surface area contributed by atoms with E-state index in [0.717, 1.165) is 31.4 Å². The summed E-state index contributed by atoms with van der Waals surface area (Å²) in [5.74, 6) is 0.879. The number of ether oxygens (including phenoxy) is 2. The van der Waals surface area contributed by atoms with Crippen LogP contribution in [0.1, 0.15) is 54.7 Å². The highest BCUT2D eigenvalue weighted by Crippen LogP contribution is 2.59. The van der Waals surface area contributed by atoms with E-state index in [1.54, 1.807) is 11.0 Å². The summed E-state index contributed by atoms with van der Waals surface area (Å²) >= 11 is 0. The zero-order valence-corrected chi connectivity index (χ0v) is 17.0. The Morgan fingerprint density at radius 1 is 1.17 bits per heavy atom. The van der Waals surface area contributed by atoms with Crippen LogP contribution in [-0.4, -0.2) is 59.3 Å². The van der Waals surface area contributed by atoms with E-state index >= 15 is 0 Å². The predicted molar refractivity (Wildman–Crippen MR) is 105 cm³/mol. The topological polar surface area (TPSA) is 80.8 Å². The fourth-order valence-electron chi connectivity index (χ4n) is 6.41. The first-order valence-electron chi connectivity index (χ1n) is 10.8. The van der Waals surface area contributed by atoms with Gasteiger partial charge in [-0.1, -0.05) is 6.07 Å². The van der Waals surface area contributed by atoms with Crippen molar-refractivity contribution in [2.45, 2.75) is 56.6 Å². The minimum atomic E-state index is -0.452. The van der Waals surface area contributed by atoms with E-state index in [4.69, 9.17) is 9.47 Å². The molecule has 1 aromatic heterocycles. The van der Waals surface area contributed by atoms with Gasteiger partial charge in [-0.3, -0.25) is 4.79 Å². The van der Waals surface area contributed by atoms with Crippen LogP contribution in [0.3, 0.4) is 0 Å². The highest BCUT2D eigenvalue weighted by molar-refractivity contribution is 5.92. The number of hydrogen-bond acceptors (Lipinski definition) is 5. The Balaban J connectivity index is 1.34. The summed E-state index contributed by atoms with van der Waals surface area (Å²) in [5, 5.41) is 3.32. The minimum absolute atomic E-state index is 0.120. The number of aromatic nitrogens is 1. The number of pyridine rings is 1. The van der Waals surface area contributed by atoms with Crippen molar-refractivity contribution in [3.05, 3.63) is 29.6 Å². The maximum atomic E-state index is 13.0. The van der Waals surface area contributed by atoms with Gasteiger partial charge in [-0.05, 0) is 63.0 Å². The molecular weight excluding hydrogens is 370 g/mol. The maximum absolute atomic E-state index is 13.0. The molecule has 1 N–H and O–H groups in total. The predicted octanol–water partition coefficient (Wildman–Crippen LogP) is 2.68. The van der Waals surface area contributed by atoms with Gasteiger partial charge in [0, 0.05) is 30.7 Å². The van der Waals surface area contributed by atoms with Gasteiger partial charge in [-0.2, -0.15) is 0 Å². The Kier molecular flexibility index (Phi) is 4.53. The molecule has 2 unspecified atom stereocenters. The molecule has 7 nitrogen and oxygen atoms in total. The Morgan fingerprint density at radius 3 is 2.59 bits per heavy atom. The van der Waals surface area contributed by atoms with E-state index in [2.05, 4.69) is 10.3 Å². The molecule has 0 radical (unpaired) electrons. The van der Waals surface area contributed by atoms with Crippen LogP contribution in [0.2, 0.25) is 0 Å². The summed E-state index contributed by atoms with van der Waals surface area (Å²) in [6.07, 6.45) is 5.44. The average molecular weight is 399 g/mol. The molecule has 4 aliphatic carbocycles. The van der Waals surface area contributed by atoms with Crippen LogP contribution in [0.15, 0.2) is 18.2 Å². The quantitative estimate of drug-likeness (QED) is 0.845. The molecule has 1 aliphatic heterocycles. The average Bonchev–Trinajstić information content (AvgIpc) is 2.67. The summed E-state index contributed by atoms with van der Waals surface area (Å²) in [5.41, 5.74) is 0.546. The number of carbonyl (C=O) groups is 2. The Labute approximate surface area is 171 Å². The molecule has 0 spiro atoms. The van der Waals surface area contributed by atoms with Crippen molar-refractivity contribution in [2.24, 2.45) is 11.8 Å². The summed E-state index contributed by atoms with van der Waals surface area (Å²) < 4.78 is 11.5. The molecule has 7 heteroatoms. The standard InChI is InChI=1S/C22H29N3O4/c1-15-3-2-4-18(23-15)19(26)24-21-10-16-9-17(11-21)13-22(12-16,14-21)29-20(27)25-5-7-28-8-6-25/h2-4,16-17H,5-14H2,1H3,(H,24,26). The van der Waals surface area contributed by atoms with E-state index < -0.39 is 5.60 Å². The first kappa shape index (κ1) is 18.9. The molecular formula is C22H29N3O4. The molecule has 1 saturated heterocycles. The molecule has 4 saturated carbocycles. The van der Waals surface area contributed by atoms with Gasteiger partial charge in [0.1, 0.15) is 11.3 Å². The Bertz CT molecular complexity index is 806. The molecule has 2 heterocycles. The highest BCUT2D eigenvalue weighted by atomic mass is 16.6. The third-order valence-electron chi connectivity index (χ3n) is 7.08. The first-order valence-corrected chi connectivity index (χ1v) is 10.8. The second kappa shape index (κ2) is 6.97.